The second-order valence-corrected chi connectivity index (χ2v) is 3.90. The third-order valence-corrected chi connectivity index (χ3v) is 2.71. The molecule has 1 aromatic heterocycles. The number of halogens is 2. The zero-order valence-corrected chi connectivity index (χ0v) is 10.5. The van der Waals surface area contributed by atoms with E-state index >= 15 is 0 Å². The lowest BCUT2D eigenvalue weighted by molar-refractivity contribution is 0.141. The van der Waals surface area contributed by atoms with Gasteiger partial charge in [0.2, 0.25) is 0 Å². The van der Waals surface area contributed by atoms with Crippen molar-refractivity contribution in [2.75, 3.05) is 6.61 Å². The SMILES string of the molecule is CCOc1ccc(-n2ncc(CN)c2C(F)F)cc1. The summed E-state index contributed by atoms with van der Waals surface area (Å²) in [5.74, 6) is 0.691. The Hall–Kier alpha value is -1.95. The van der Waals surface area contributed by atoms with E-state index in [0.29, 0.717) is 23.6 Å². The molecule has 0 fully saturated rings. The van der Waals surface area contributed by atoms with Crippen LogP contribution in [-0.4, -0.2) is 16.4 Å². The first-order valence-electron chi connectivity index (χ1n) is 5.95. The van der Waals surface area contributed by atoms with Crippen LogP contribution in [0.25, 0.3) is 5.69 Å². The summed E-state index contributed by atoms with van der Waals surface area (Å²) in [7, 11) is 0. The molecular weight excluding hydrogens is 252 g/mol. The normalized spacial score (nSPS) is 11.0. The Morgan fingerprint density at radius 3 is 2.53 bits per heavy atom. The van der Waals surface area contributed by atoms with Crippen molar-refractivity contribution in [3.05, 3.63) is 41.7 Å². The fourth-order valence-electron chi connectivity index (χ4n) is 1.84. The van der Waals surface area contributed by atoms with Crippen molar-refractivity contribution in [2.45, 2.75) is 19.9 Å². The van der Waals surface area contributed by atoms with E-state index in [-0.39, 0.29) is 12.2 Å². The number of nitrogens with two attached hydrogens (primary N) is 1. The Morgan fingerprint density at radius 2 is 2.00 bits per heavy atom. The van der Waals surface area contributed by atoms with Gasteiger partial charge in [0.1, 0.15) is 11.4 Å². The van der Waals surface area contributed by atoms with Crippen LogP contribution in [0.3, 0.4) is 0 Å². The summed E-state index contributed by atoms with van der Waals surface area (Å²) in [6.45, 7) is 2.47. The van der Waals surface area contributed by atoms with E-state index in [1.165, 1.54) is 10.9 Å². The smallest absolute Gasteiger partial charge is 0.280 e. The molecule has 0 atom stereocenters. The molecule has 0 aliphatic heterocycles. The van der Waals surface area contributed by atoms with Gasteiger partial charge in [-0.3, -0.25) is 0 Å². The van der Waals surface area contributed by atoms with Gasteiger partial charge in [0.15, 0.2) is 0 Å². The summed E-state index contributed by atoms with van der Waals surface area (Å²) in [4.78, 5) is 0. The van der Waals surface area contributed by atoms with E-state index in [2.05, 4.69) is 5.10 Å². The molecule has 0 unspecified atom stereocenters. The zero-order valence-electron chi connectivity index (χ0n) is 10.5. The van der Waals surface area contributed by atoms with Crippen LogP contribution in [0.2, 0.25) is 0 Å². The molecule has 0 saturated heterocycles. The molecular formula is C13H15F2N3O. The van der Waals surface area contributed by atoms with Gasteiger partial charge in [0.25, 0.3) is 6.43 Å². The molecule has 0 radical (unpaired) electrons. The molecule has 1 heterocycles. The van der Waals surface area contributed by atoms with Crippen molar-refractivity contribution in [3.8, 4) is 11.4 Å². The van der Waals surface area contributed by atoms with Crippen LogP contribution in [0.1, 0.15) is 24.6 Å². The average Bonchev–Trinajstić information content (AvgIpc) is 2.84. The van der Waals surface area contributed by atoms with Gasteiger partial charge < -0.3 is 10.5 Å². The lowest BCUT2D eigenvalue weighted by Crippen LogP contribution is -2.06. The van der Waals surface area contributed by atoms with E-state index in [0.717, 1.165) is 0 Å². The van der Waals surface area contributed by atoms with E-state index < -0.39 is 6.43 Å². The number of hydrogen-bond acceptors (Lipinski definition) is 3. The monoisotopic (exact) mass is 267 g/mol. The fourth-order valence-corrected chi connectivity index (χ4v) is 1.84. The molecule has 2 aromatic rings. The van der Waals surface area contributed by atoms with Gasteiger partial charge in [-0.25, -0.2) is 13.5 Å². The second-order valence-electron chi connectivity index (χ2n) is 3.90. The Morgan fingerprint density at radius 1 is 1.32 bits per heavy atom. The molecule has 0 saturated carbocycles. The van der Waals surface area contributed by atoms with Crippen molar-refractivity contribution in [1.82, 2.24) is 9.78 Å². The number of hydrogen-bond donors (Lipinski definition) is 1. The highest BCUT2D eigenvalue weighted by Gasteiger charge is 2.20. The minimum Gasteiger partial charge on any atom is -0.494 e. The molecule has 0 bridgehead atoms. The summed E-state index contributed by atoms with van der Waals surface area (Å²) in [6, 6.07) is 6.81. The van der Waals surface area contributed by atoms with Gasteiger partial charge >= 0.3 is 0 Å². The minimum atomic E-state index is -2.62. The molecule has 6 heteroatoms. The van der Waals surface area contributed by atoms with E-state index in [9.17, 15) is 8.78 Å². The minimum absolute atomic E-state index is 0.0384. The Balaban J connectivity index is 2.38. The molecule has 0 aliphatic carbocycles. The lowest BCUT2D eigenvalue weighted by Gasteiger charge is -2.09. The van der Waals surface area contributed by atoms with Crippen LogP contribution in [0.15, 0.2) is 30.5 Å². The first-order valence-corrected chi connectivity index (χ1v) is 5.95. The summed E-state index contributed by atoms with van der Waals surface area (Å²) in [5, 5.41) is 3.97. The van der Waals surface area contributed by atoms with Crippen LogP contribution in [0.4, 0.5) is 8.78 Å². The molecule has 19 heavy (non-hydrogen) atoms. The molecule has 0 amide bonds. The van der Waals surface area contributed by atoms with E-state index in [1.54, 1.807) is 24.3 Å². The number of rotatable bonds is 5. The second kappa shape index (κ2) is 5.79. The molecule has 102 valence electrons. The molecule has 2 rings (SSSR count). The lowest BCUT2D eigenvalue weighted by atomic mass is 10.2. The van der Waals surface area contributed by atoms with Gasteiger partial charge in [-0.15, -0.1) is 0 Å². The third-order valence-electron chi connectivity index (χ3n) is 2.71. The molecule has 1 aromatic carbocycles. The summed E-state index contributed by atoms with van der Waals surface area (Å²) < 4.78 is 32.6. The Bertz CT molecular complexity index is 537. The Labute approximate surface area is 109 Å². The predicted molar refractivity (Wildman–Crippen MR) is 67.6 cm³/mol. The van der Waals surface area contributed by atoms with Crippen molar-refractivity contribution < 1.29 is 13.5 Å². The van der Waals surface area contributed by atoms with Crippen LogP contribution in [0.5, 0.6) is 5.75 Å². The van der Waals surface area contributed by atoms with Gasteiger partial charge in [-0.05, 0) is 31.2 Å². The highest BCUT2D eigenvalue weighted by Crippen LogP contribution is 2.26. The van der Waals surface area contributed by atoms with Gasteiger partial charge in [-0.2, -0.15) is 5.10 Å². The standard InChI is InChI=1S/C13H15F2N3O/c1-2-19-11-5-3-10(4-6-11)18-12(13(14)15)9(7-16)8-17-18/h3-6,8,13H,2,7,16H2,1H3. The van der Waals surface area contributed by atoms with Crippen molar-refractivity contribution in [2.24, 2.45) is 5.73 Å². The van der Waals surface area contributed by atoms with Crippen LogP contribution in [0, 0.1) is 0 Å². The maximum atomic E-state index is 13.1. The van der Waals surface area contributed by atoms with Gasteiger partial charge in [0, 0.05) is 12.1 Å². The van der Waals surface area contributed by atoms with Crippen LogP contribution < -0.4 is 10.5 Å². The first-order chi connectivity index (χ1) is 9.17. The summed E-state index contributed by atoms with van der Waals surface area (Å²) in [6.07, 6.45) is -1.24. The quantitative estimate of drug-likeness (QED) is 0.906. The predicted octanol–water partition coefficient (Wildman–Crippen LogP) is 2.67. The number of aromatic nitrogens is 2. The fraction of sp³-hybridized carbons (Fsp3) is 0.308. The number of ether oxygens (including phenoxy) is 1. The molecule has 0 aliphatic rings. The van der Waals surface area contributed by atoms with Crippen molar-refractivity contribution >= 4 is 0 Å². The van der Waals surface area contributed by atoms with Crippen molar-refractivity contribution in [3.63, 3.8) is 0 Å². The number of nitrogens with zero attached hydrogens (tertiary/aromatic N) is 2. The first kappa shape index (κ1) is 13.5. The number of alkyl halides is 2. The van der Waals surface area contributed by atoms with Crippen molar-refractivity contribution in [1.29, 1.82) is 0 Å². The Kier molecular flexibility index (Phi) is 4.11. The molecule has 0 spiro atoms. The van der Waals surface area contributed by atoms with Gasteiger partial charge in [-0.1, -0.05) is 0 Å². The van der Waals surface area contributed by atoms with Crippen LogP contribution >= 0.6 is 0 Å². The maximum absolute atomic E-state index is 13.1. The number of benzene rings is 1. The summed E-state index contributed by atoms with van der Waals surface area (Å²) >= 11 is 0. The third kappa shape index (κ3) is 2.73. The van der Waals surface area contributed by atoms with Gasteiger partial charge in [0.05, 0.1) is 18.5 Å². The topological polar surface area (TPSA) is 53.1 Å². The molecule has 4 nitrogen and oxygen atoms in total. The van der Waals surface area contributed by atoms with E-state index in [1.807, 2.05) is 6.92 Å². The highest BCUT2D eigenvalue weighted by atomic mass is 19.3. The highest BCUT2D eigenvalue weighted by molar-refractivity contribution is 5.39. The maximum Gasteiger partial charge on any atom is 0.280 e. The average molecular weight is 267 g/mol. The summed E-state index contributed by atoms with van der Waals surface area (Å²) in [5.41, 5.74) is 6.18. The zero-order chi connectivity index (χ0) is 13.8. The largest absolute Gasteiger partial charge is 0.494 e. The molecule has 2 N–H and O–H groups in total. The van der Waals surface area contributed by atoms with E-state index in [4.69, 9.17) is 10.5 Å². The van der Waals surface area contributed by atoms with Crippen LogP contribution in [-0.2, 0) is 6.54 Å².